The summed E-state index contributed by atoms with van der Waals surface area (Å²) in [6, 6.07) is 12.6. The number of aromatic nitrogens is 6. The fraction of sp³-hybridized carbons (Fsp3) is 0.120. The highest BCUT2D eigenvalue weighted by Gasteiger charge is 2.16. The largest absolute Gasteiger partial charge is 0.376 e. The van der Waals surface area contributed by atoms with Crippen LogP contribution in [0.1, 0.15) is 4.88 Å². The van der Waals surface area contributed by atoms with Gasteiger partial charge in [0.25, 0.3) is 0 Å². The number of anilines is 1. The molecule has 0 atom stereocenters. The maximum Gasteiger partial charge on any atom is 0.155 e. The van der Waals surface area contributed by atoms with Crippen molar-refractivity contribution in [3.63, 3.8) is 0 Å². The fourth-order valence-electron chi connectivity index (χ4n) is 4.04. The Balaban J connectivity index is 1.48. The van der Waals surface area contributed by atoms with Crippen molar-refractivity contribution in [1.29, 1.82) is 0 Å². The molecule has 162 valence electrons. The summed E-state index contributed by atoms with van der Waals surface area (Å²) in [5, 5.41) is 9.69. The number of aromatic amines is 2. The van der Waals surface area contributed by atoms with Crippen LogP contribution in [0.4, 0.5) is 5.69 Å². The van der Waals surface area contributed by atoms with Gasteiger partial charge in [0.1, 0.15) is 5.69 Å². The van der Waals surface area contributed by atoms with Crippen molar-refractivity contribution in [1.82, 2.24) is 30.1 Å². The second-order valence-electron chi connectivity index (χ2n) is 8.23. The number of hydrogen-bond donors (Lipinski definition) is 2. The topological polar surface area (TPSA) is 86.4 Å². The summed E-state index contributed by atoms with van der Waals surface area (Å²) < 4.78 is 0. The van der Waals surface area contributed by atoms with Crippen LogP contribution in [-0.2, 0) is 0 Å². The van der Waals surface area contributed by atoms with E-state index in [-0.39, 0.29) is 0 Å². The SMILES string of the molecule is Cc1ccc(-c2nccc3[nH]c(-c4n[nH]c5ncc(-c6cncc(N(C)C)c6)cc45)cc23)s1. The van der Waals surface area contributed by atoms with Gasteiger partial charge in [-0.15, -0.1) is 11.3 Å². The standard InChI is InChI=1S/C25H21N7S/c1-14-4-5-22(33-14)24-18-10-21(29-20(18)6-7-27-24)23-19-9-16(12-28-25(19)31-30-23)15-8-17(32(2)3)13-26-11-15/h4-13,29H,1-3H3,(H,28,30,31). The van der Waals surface area contributed by atoms with Crippen LogP contribution in [0.2, 0.25) is 0 Å². The molecule has 6 aromatic heterocycles. The van der Waals surface area contributed by atoms with Gasteiger partial charge in [-0.25, -0.2) is 4.98 Å². The molecule has 0 aliphatic heterocycles. The molecule has 0 aliphatic rings. The molecule has 6 heterocycles. The van der Waals surface area contributed by atoms with E-state index in [4.69, 9.17) is 0 Å². The average molecular weight is 452 g/mol. The molecule has 0 saturated heterocycles. The predicted molar refractivity (Wildman–Crippen MR) is 135 cm³/mol. The number of rotatable bonds is 4. The van der Waals surface area contributed by atoms with Crippen molar-refractivity contribution < 1.29 is 0 Å². The molecule has 0 aromatic carbocycles. The van der Waals surface area contributed by atoms with E-state index in [1.165, 1.54) is 4.88 Å². The van der Waals surface area contributed by atoms with Crippen LogP contribution < -0.4 is 4.90 Å². The van der Waals surface area contributed by atoms with Crippen molar-refractivity contribution in [3.05, 3.63) is 66.1 Å². The number of nitrogens with one attached hydrogen (secondary N) is 2. The van der Waals surface area contributed by atoms with E-state index in [1.54, 1.807) is 11.3 Å². The molecule has 2 N–H and O–H groups in total. The smallest absolute Gasteiger partial charge is 0.155 e. The van der Waals surface area contributed by atoms with Crippen LogP contribution in [0.5, 0.6) is 0 Å². The van der Waals surface area contributed by atoms with Crippen LogP contribution in [0, 0.1) is 6.92 Å². The van der Waals surface area contributed by atoms with Crippen LogP contribution >= 0.6 is 11.3 Å². The van der Waals surface area contributed by atoms with Crippen molar-refractivity contribution in [2.45, 2.75) is 6.92 Å². The molecular weight excluding hydrogens is 430 g/mol. The number of H-pyrrole nitrogens is 2. The highest BCUT2D eigenvalue weighted by atomic mass is 32.1. The average Bonchev–Trinajstić information content (AvgIpc) is 3.55. The second kappa shape index (κ2) is 7.53. The van der Waals surface area contributed by atoms with Crippen LogP contribution in [-0.4, -0.2) is 44.2 Å². The third kappa shape index (κ3) is 3.35. The monoisotopic (exact) mass is 451 g/mol. The molecule has 33 heavy (non-hydrogen) atoms. The maximum absolute atomic E-state index is 4.66. The molecule has 0 fully saturated rings. The van der Waals surface area contributed by atoms with E-state index in [9.17, 15) is 0 Å². The number of aryl methyl sites for hydroxylation is 1. The molecule has 6 aromatic rings. The number of pyridine rings is 3. The molecule has 6 rings (SSSR count). The van der Waals surface area contributed by atoms with Gasteiger partial charge in [0.2, 0.25) is 0 Å². The molecule has 0 aliphatic carbocycles. The molecule has 0 bridgehead atoms. The first-order valence-electron chi connectivity index (χ1n) is 10.6. The first kappa shape index (κ1) is 19.6. The quantitative estimate of drug-likeness (QED) is 0.361. The number of fused-ring (bicyclic) bond motifs is 2. The highest BCUT2D eigenvalue weighted by Crippen LogP contribution is 2.36. The lowest BCUT2D eigenvalue weighted by atomic mass is 10.1. The Bertz CT molecular complexity index is 1620. The van der Waals surface area contributed by atoms with Gasteiger partial charge < -0.3 is 9.88 Å². The highest BCUT2D eigenvalue weighted by molar-refractivity contribution is 7.15. The van der Waals surface area contributed by atoms with E-state index < -0.39 is 0 Å². The third-order valence-corrected chi connectivity index (χ3v) is 6.77. The minimum Gasteiger partial charge on any atom is -0.376 e. The van der Waals surface area contributed by atoms with Gasteiger partial charge in [0.05, 0.1) is 28.1 Å². The van der Waals surface area contributed by atoms with Gasteiger partial charge in [-0.3, -0.25) is 15.1 Å². The Hall–Kier alpha value is -4.04. The van der Waals surface area contributed by atoms with Gasteiger partial charge >= 0.3 is 0 Å². The van der Waals surface area contributed by atoms with Gasteiger partial charge in [-0.05, 0) is 43.3 Å². The molecule has 0 radical (unpaired) electrons. The van der Waals surface area contributed by atoms with Gasteiger partial charge in [-0.1, -0.05) is 0 Å². The Kier molecular flexibility index (Phi) is 4.48. The number of thiophene rings is 1. The van der Waals surface area contributed by atoms with E-state index in [2.05, 4.69) is 67.4 Å². The molecular formula is C25H21N7S. The number of nitrogens with zero attached hydrogens (tertiary/aromatic N) is 5. The van der Waals surface area contributed by atoms with E-state index in [0.29, 0.717) is 0 Å². The lowest BCUT2D eigenvalue weighted by molar-refractivity contribution is 1.10. The molecule has 8 heteroatoms. The summed E-state index contributed by atoms with van der Waals surface area (Å²) in [6.07, 6.45) is 7.41. The van der Waals surface area contributed by atoms with Gasteiger partial charge in [0, 0.05) is 65.0 Å². The zero-order chi connectivity index (χ0) is 22.5. The summed E-state index contributed by atoms with van der Waals surface area (Å²) in [6.45, 7) is 2.11. The zero-order valence-electron chi connectivity index (χ0n) is 18.4. The Morgan fingerprint density at radius 2 is 1.76 bits per heavy atom. The minimum absolute atomic E-state index is 0.747. The summed E-state index contributed by atoms with van der Waals surface area (Å²) >= 11 is 1.75. The summed E-state index contributed by atoms with van der Waals surface area (Å²) in [5.41, 5.74) is 7.57. The zero-order valence-corrected chi connectivity index (χ0v) is 19.2. The molecule has 0 spiro atoms. The van der Waals surface area contributed by atoms with Gasteiger partial charge in [-0.2, -0.15) is 5.10 Å². The molecule has 0 amide bonds. The first-order chi connectivity index (χ1) is 16.1. The molecule has 0 unspecified atom stereocenters. The van der Waals surface area contributed by atoms with E-state index >= 15 is 0 Å². The third-order valence-electron chi connectivity index (χ3n) is 5.77. The number of hydrogen-bond acceptors (Lipinski definition) is 6. The maximum atomic E-state index is 4.66. The van der Waals surface area contributed by atoms with Crippen molar-refractivity contribution in [2.24, 2.45) is 0 Å². The molecule has 0 saturated carbocycles. The normalized spacial score (nSPS) is 11.5. The lowest BCUT2D eigenvalue weighted by Gasteiger charge is -2.12. The Morgan fingerprint density at radius 3 is 2.58 bits per heavy atom. The van der Waals surface area contributed by atoms with Crippen LogP contribution in [0.3, 0.4) is 0 Å². The van der Waals surface area contributed by atoms with Crippen LogP contribution in [0.15, 0.2) is 61.2 Å². The second-order valence-corrected chi connectivity index (χ2v) is 9.52. The summed E-state index contributed by atoms with van der Waals surface area (Å²) in [7, 11) is 4.01. The lowest BCUT2D eigenvalue weighted by Crippen LogP contribution is -2.08. The Morgan fingerprint density at radius 1 is 0.879 bits per heavy atom. The summed E-state index contributed by atoms with van der Waals surface area (Å²) in [4.78, 5) is 21.7. The molecule has 7 nitrogen and oxygen atoms in total. The van der Waals surface area contributed by atoms with Crippen molar-refractivity contribution in [3.8, 4) is 33.1 Å². The van der Waals surface area contributed by atoms with Gasteiger partial charge in [0.15, 0.2) is 5.65 Å². The van der Waals surface area contributed by atoms with E-state index in [0.717, 1.165) is 60.7 Å². The summed E-state index contributed by atoms with van der Waals surface area (Å²) in [5.74, 6) is 0. The van der Waals surface area contributed by atoms with Crippen LogP contribution in [0.25, 0.3) is 55.0 Å². The predicted octanol–water partition coefficient (Wildman–Crippen LogP) is 5.67. The first-order valence-corrected chi connectivity index (χ1v) is 11.4. The Labute approximate surface area is 194 Å². The fourth-order valence-corrected chi connectivity index (χ4v) is 4.91. The van der Waals surface area contributed by atoms with E-state index in [1.807, 2.05) is 49.8 Å². The van der Waals surface area contributed by atoms with Crippen molar-refractivity contribution in [2.75, 3.05) is 19.0 Å². The minimum atomic E-state index is 0.747. The van der Waals surface area contributed by atoms with Crippen molar-refractivity contribution >= 4 is 39.0 Å².